The van der Waals surface area contributed by atoms with E-state index in [9.17, 15) is 9.18 Å². The van der Waals surface area contributed by atoms with Crippen LogP contribution in [0.3, 0.4) is 0 Å². The number of amidine groups is 1. The zero-order valence-electron chi connectivity index (χ0n) is 13.1. The van der Waals surface area contributed by atoms with Gasteiger partial charge in [0.1, 0.15) is 11.7 Å². The number of nitrogens with one attached hydrogen (secondary N) is 1. The molecule has 1 aromatic heterocycles. The van der Waals surface area contributed by atoms with E-state index < -0.39 is 5.82 Å². The lowest BCUT2D eigenvalue weighted by Gasteiger charge is -2.02. The van der Waals surface area contributed by atoms with Crippen molar-refractivity contribution < 1.29 is 9.18 Å². The number of fused-ring (bicyclic) bond motifs is 1. The summed E-state index contributed by atoms with van der Waals surface area (Å²) in [5.41, 5.74) is 2.86. The van der Waals surface area contributed by atoms with Crippen LogP contribution >= 0.6 is 23.4 Å². The SMILES string of the molecule is O=C1NC(=Nc2ccc(F)c(Cl)c2)C(=Cc2ccc3nccnc3c2)S1. The average molecular weight is 385 g/mol. The number of benzene rings is 2. The Balaban J connectivity index is 1.72. The molecule has 0 bridgehead atoms. The molecule has 2 heterocycles. The summed E-state index contributed by atoms with van der Waals surface area (Å²) in [6, 6.07) is 9.76. The van der Waals surface area contributed by atoms with Crippen LogP contribution in [0.1, 0.15) is 5.56 Å². The van der Waals surface area contributed by atoms with Gasteiger partial charge in [0.25, 0.3) is 5.24 Å². The second kappa shape index (κ2) is 6.86. The highest BCUT2D eigenvalue weighted by Gasteiger charge is 2.23. The normalized spacial score (nSPS) is 17.2. The molecular formula is C18H10ClFN4OS. The number of amides is 1. The van der Waals surface area contributed by atoms with E-state index in [4.69, 9.17) is 11.6 Å². The number of hydrogen-bond donors (Lipinski definition) is 1. The number of rotatable bonds is 2. The van der Waals surface area contributed by atoms with Gasteiger partial charge in [-0.1, -0.05) is 17.7 Å². The highest BCUT2D eigenvalue weighted by molar-refractivity contribution is 8.18. The molecule has 128 valence electrons. The second-order valence-electron chi connectivity index (χ2n) is 5.39. The van der Waals surface area contributed by atoms with E-state index in [2.05, 4.69) is 20.3 Å². The summed E-state index contributed by atoms with van der Waals surface area (Å²) in [5.74, 6) is -0.129. The Labute approximate surface area is 157 Å². The van der Waals surface area contributed by atoms with Gasteiger partial charge in [0.15, 0.2) is 0 Å². The molecule has 1 aliphatic heterocycles. The lowest BCUT2D eigenvalue weighted by Crippen LogP contribution is -2.18. The van der Waals surface area contributed by atoms with Crippen molar-refractivity contribution in [3.05, 3.63) is 70.1 Å². The van der Waals surface area contributed by atoms with Crippen LogP contribution in [0.15, 0.2) is 58.7 Å². The first kappa shape index (κ1) is 16.7. The molecule has 2 aromatic carbocycles. The molecule has 0 aliphatic carbocycles. The molecule has 1 fully saturated rings. The maximum Gasteiger partial charge on any atom is 0.289 e. The fourth-order valence-corrected chi connectivity index (χ4v) is 3.33. The Kier molecular flexibility index (Phi) is 4.40. The summed E-state index contributed by atoms with van der Waals surface area (Å²) in [6.45, 7) is 0. The van der Waals surface area contributed by atoms with Gasteiger partial charge < -0.3 is 5.32 Å². The first-order valence-corrected chi connectivity index (χ1v) is 8.73. The van der Waals surface area contributed by atoms with Gasteiger partial charge in [0.2, 0.25) is 0 Å². The summed E-state index contributed by atoms with van der Waals surface area (Å²) >= 11 is 6.82. The lowest BCUT2D eigenvalue weighted by atomic mass is 10.1. The van der Waals surface area contributed by atoms with Crippen LogP contribution in [0.2, 0.25) is 5.02 Å². The second-order valence-corrected chi connectivity index (χ2v) is 6.81. The molecule has 3 aromatic rings. The highest BCUT2D eigenvalue weighted by Crippen LogP contribution is 2.30. The van der Waals surface area contributed by atoms with Crippen molar-refractivity contribution in [2.75, 3.05) is 0 Å². The number of carbonyl (C=O) groups is 1. The first-order valence-electron chi connectivity index (χ1n) is 7.54. The largest absolute Gasteiger partial charge is 0.300 e. The summed E-state index contributed by atoms with van der Waals surface area (Å²) in [4.78, 5) is 25.3. The minimum atomic E-state index is -0.520. The molecule has 0 radical (unpaired) electrons. The lowest BCUT2D eigenvalue weighted by molar-refractivity contribution is 0.265. The van der Waals surface area contributed by atoms with Gasteiger partial charge in [-0.15, -0.1) is 0 Å². The van der Waals surface area contributed by atoms with Crippen LogP contribution in [0.4, 0.5) is 14.9 Å². The van der Waals surface area contributed by atoms with Crippen LogP contribution in [-0.4, -0.2) is 21.0 Å². The van der Waals surface area contributed by atoms with Gasteiger partial charge in [-0.3, -0.25) is 14.8 Å². The van der Waals surface area contributed by atoms with E-state index in [1.54, 1.807) is 12.4 Å². The fraction of sp³-hybridized carbons (Fsp3) is 0. The number of carbonyl (C=O) groups excluding carboxylic acids is 1. The topological polar surface area (TPSA) is 67.2 Å². The number of hydrogen-bond acceptors (Lipinski definition) is 5. The van der Waals surface area contributed by atoms with Gasteiger partial charge >= 0.3 is 0 Å². The zero-order chi connectivity index (χ0) is 18.1. The van der Waals surface area contributed by atoms with Crippen molar-refractivity contribution in [2.45, 2.75) is 0 Å². The van der Waals surface area contributed by atoms with Gasteiger partial charge in [0, 0.05) is 12.4 Å². The Morgan fingerprint density at radius 2 is 1.92 bits per heavy atom. The Hall–Kier alpha value is -2.77. The van der Waals surface area contributed by atoms with Gasteiger partial charge in [-0.05, 0) is 53.7 Å². The maximum absolute atomic E-state index is 13.3. The molecule has 0 atom stereocenters. The van der Waals surface area contributed by atoms with Crippen LogP contribution in [0, 0.1) is 5.82 Å². The number of aliphatic imine (C=N–C) groups is 1. The molecule has 8 heteroatoms. The van der Waals surface area contributed by atoms with Crippen LogP contribution in [0.5, 0.6) is 0 Å². The summed E-state index contributed by atoms with van der Waals surface area (Å²) in [5, 5.41) is 2.43. The van der Waals surface area contributed by atoms with E-state index in [1.165, 1.54) is 18.2 Å². The van der Waals surface area contributed by atoms with E-state index in [0.29, 0.717) is 16.4 Å². The number of nitrogens with zero attached hydrogens (tertiary/aromatic N) is 3. The van der Waals surface area contributed by atoms with Crippen LogP contribution in [0.25, 0.3) is 17.1 Å². The zero-order valence-corrected chi connectivity index (χ0v) is 14.7. The standard InChI is InChI=1S/C18H10ClFN4OS/c19-12-9-11(2-3-13(12)20)23-17-16(26-18(25)24-17)8-10-1-4-14-15(7-10)22-6-5-21-14/h1-9H,(H,23,24,25). The molecule has 0 spiro atoms. The van der Waals surface area contributed by atoms with Crippen LogP contribution in [-0.2, 0) is 0 Å². The van der Waals surface area contributed by atoms with Gasteiger partial charge in [-0.25, -0.2) is 9.38 Å². The molecule has 5 nitrogen and oxygen atoms in total. The molecule has 0 unspecified atom stereocenters. The molecular weight excluding hydrogens is 375 g/mol. The van der Waals surface area contributed by atoms with Gasteiger partial charge in [-0.2, -0.15) is 0 Å². The molecule has 1 N–H and O–H groups in total. The number of aromatic nitrogens is 2. The predicted octanol–water partition coefficient (Wildman–Crippen LogP) is 4.95. The summed E-state index contributed by atoms with van der Waals surface area (Å²) in [6.07, 6.45) is 5.09. The third kappa shape index (κ3) is 3.44. The average Bonchev–Trinajstić information content (AvgIpc) is 2.97. The smallest absolute Gasteiger partial charge is 0.289 e. The van der Waals surface area contributed by atoms with E-state index in [0.717, 1.165) is 28.4 Å². The first-order chi connectivity index (χ1) is 12.6. The minimum Gasteiger partial charge on any atom is -0.300 e. The molecule has 0 saturated carbocycles. The van der Waals surface area contributed by atoms with Crippen molar-refractivity contribution in [2.24, 2.45) is 4.99 Å². The summed E-state index contributed by atoms with van der Waals surface area (Å²) < 4.78 is 13.3. The van der Waals surface area contributed by atoms with Crippen LogP contribution < -0.4 is 5.32 Å². The van der Waals surface area contributed by atoms with E-state index in [-0.39, 0.29) is 10.3 Å². The molecule has 4 rings (SSSR count). The minimum absolute atomic E-state index is 0.0255. The quantitative estimate of drug-likeness (QED) is 0.678. The number of halogens is 2. The third-order valence-electron chi connectivity index (χ3n) is 3.59. The number of thioether (sulfide) groups is 1. The van der Waals surface area contributed by atoms with Crippen molar-refractivity contribution in [3.8, 4) is 0 Å². The maximum atomic E-state index is 13.3. The fourth-order valence-electron chi connectivity index (χ4n) is 2.42. The summed E-state index contributed by atoms with van der Waals surface area (Å²) in [7, 11) is 0. The molecule has 1 amide bonds. The third-order valence-corrected chi connectivity index (χ3v) is 4.70. The van der Waals surface area contributed by atoms with Crippen molar-refractivity contribution in [3.63, 3.8) is 0 Å². The predicted molar refractivity (Wildman–Crippen MR) is 102 cm³/mol. The van der Waals surface area contributed by atoms with Crippen molar-refractivity contribution in [1.82, 2.24) is 15.3 Å². The molecule has 1 saturated heterocycles. The highest BCUT2D eigenvalue weighted by atomic mass is 35.5. The molecule has 1 aliphatic rings. The van der Waals surface area contributed by atoms with E-state index >= 15 is 0 Å². The molecule has 26 heavy (non-hydrogen) atoms. The van der Waals surface area contributed by atoms with Crippen molar-refractivity contribution in [1.29, 1.82) is 0 Å². The monoisotopic (exact) mass is 384 g/mol. The van der Waals surface area contributed by atoms with Crippen molar-refractivity contribution >= 4 is 57.2 Å². The van der Waals surface area contributed by atoms with E-state index in [1.807, 2.05) is 24.3 Å². The van der Waals surface area contributed by atoms with Gasteiger partial charge in [0.05, 0.1) is 26.6 Å². The Bertz CT molecular complexity index is 1100. The Morgan fingerprint density at radius 3 is 2.73 bits per heavy atom. The Morgan fingerprint density at radius 1 is 1.12 bits per heavy atom.